The van der Waals surface area contributed by atoms with Crippen LogP contribution >= 0.6 is 0 Å². The van der Waals surface area contributed by atoms with Crippen LogP contribution in [0.3, 0.4) is 0 Å². The molecule has 0 radical (unpaired) electrons. The van der Waals surface area contributed by atoms with Crippen molar-refractivity contribution in [1.29, 1.82) is 0 Å². The van der Waals surface area contributed by atoms with E-state index in [4.69, 9.17) is 5.21 Å². The molecule has 0 saturated carbocycles. The average molecular weight is 203 g/mol. The van der Waals surface area contributed by atoms with Gasteiger partial charge in [0.25, 0.3) is 0 Å². The third kappa shape index (κ3) is 2.25. The lowest BCUT2D eigenvalue weighted by Crippen LogP contribution is -2.09. The Labute approximate surface area is 78.7 Å². The highest BCUT2D eigenvalue weighted by molar-refractivity contribution is 5.81. The number of oxime groups is 1. The number of alkyl halides is 3. The maximum Gasteiger partial charge on any atom is 0.417 e. The first-order chi connectivity index (χ1) is 6.45. The van der Waals surface area contributed by atoms with Gasteiger partial charge in [-0.15, -0.1) is 0 Å². The van der Waals surface area contributed by atoms with E-state index in [1.807, 2.05) is 0 Å². The Balaban J connectivity index is 3.29. The van der Waals surface area contributed by atoms with E-state index in [0.717, 1.165) is 12.3 Å². The molecular formula is C9H8F3NO. The van der Waals surface area contributed by atoms with E-state index in [0.29, 0.717) is 5.56 Å². The number of benzene rings is 1. The van der Waals surface area contributed by atoms with Gasteiger partial charge >= 0.3 is 6.18 Å². The fraction of sp³-hybridized carbons (Fsp3) is 0.222. The van der Waals surface area contributed by atoms with Crippen LogP contribution in [0.15, 0.2) is 23.4 Å². The molecule has 1 N–H and O–H groups in total. The summed E-state index contributed by atoms with van der Waals surface area (Å²) in [6.07, 6.45) is -3.65. The van der Waals surface area contributed by atoms with Crippen molar-refractivity contribution in [3.8, 4) is 0 Å². The Kier molecular flexibility index (Phi) is 2.78. The van der Waals surface area contributed by atoms with Gasteiger partial charge in [-0.3, -0.25) is 0 Å². The second-order valence-electron chi connectivity index (χ2n) is 2.83. The van der Waals surface area contributed by atoms with Crippen LogP contribution in [-0.2, 0) is 6.18 Å². The fourth-order valence-corrected chi connectivity index (χ4v) is 1.11. The number of halogens is 3. The van der Waals surface area contributed by atoms with E-state index < -0.39 is 11.7 Å². The maximum atomic E-state index is 12.4. The highest BCUT2D eigenvalue weighted by Crippen LogP contribution is 2.31. The summed E-state index contributed by atoms with van der Waals surface area (Å²) in [6, 6.07) is 3.63. The van der Waals surface area contributed by atoms with Gasteiger partial charge in [0.05, 0.1) is 11.8 Å². The molecule has 76 valence electrons. The summed E-state index contributed by atoms with van der Waals surface area (Å²) in [5.41, 5.74) is -0.270. The molecule has 1 aromatic carbocycles. The first kappa shape index (κ1) is 10.6. The Morgan fingerprint density at radius 2 is 2.00 bits per heavy atom. The van der Waals surface area contributed by atoms with Gasteiger partial charge in [-0.05, 0) is 19.1 Å². The molecule has 14 heavy (non-hydrogen) atoms. The molecule has 5 heteroatoms. The van der Waals surface area contributed by atoms with Crippen molar-refractivity contribution in [2.75, 3.05) is 0 Å². The zero-order valence-corrected chi connectivity index (χ0v) is 7.34. The summed E-state index contributed by atoms with van der Waals surface area (Å²) in [5.74, 6) is 0. The summed E-state index contributed by atoms with van der Waals surface area (Å²) in [6.45, 7) is 1.66. The first-order valence-corrected chi connectivity index (χ1v) is 3.80. The summed E-state index contributed by atoms with van der Waals surface area (Å²) < 4.78 is 37.1. The van der Waals surface area contributed by atoms with Gasteiger partial charge in [0.1, 0.15) is 0 Å². The quantitative estimate of drug-likeness (QED) is 0.425. The van der Waals surface area contributed by atoms with Gasteiger partial charge in [0.2, 0.25) is 0 Å². The highest BCUT2D eigenvalue weighted by atomic mass is 19.4. The Morgan fingerprint density at radius 3 is 2.50 bits per heavy atom. The molecule has 0 amide bonds. The summed E-state index contributed by atoms with van der Waals surface area (Å²) >= 11 is 0. The molecule has 0 unspecified atom stereocenters. The second kappa shape index (κ2) is 3.69. The molecule has 0 fully saturated rings. The Bertz CT molecular complexity index is 358. The largest absolute Gasteiger partial charge is 0.417 e. The smallest absolute Gasteiger partial charge is 0.411 e. The number of rotatable bonds is 1. The number of aryl methyl sites for hydroxylation is 1. The van der Waals surface area contributed by atoms with Crippen molar-refractivity contribution in [2.24, 2.45) is 5.16 Å². The minimum atomic E-state index is -4.43. The van der Waals surface area contributed by atoms with Crippen LogP contribution in [-0.4, -0.2) is 11.4 Å². The van der Waals surface area contributed by atoms with E-state index in [1.54, 1.807) is 6.92 Å². The van der Waals surface area contributed by atoms with Crippen molar-refractivity contribution in [3.05, 3.63) is 34.9 Å². The molecule has 0 atom stereocenters. The summed E-state index contributed by atoms with van der Waals surface area (Å²) in [7, 11) is 0. The van der Waals surface area contributed by atoms with E-state index in [-0.39, 0.29) is 5.56 Å². The van der Waals surface area contributed by atoms with Gasteiger partial charge < -0.3 is 5.21 Å². The van der Waals surface area contributed by atoms with Crippen LogP contribution in [0.4, 0.5) is 13.2 Å². The van der Waals surface area contributed by atoms with Gasteiger partial charge in [-0.1, -0.05) is 16.8 Å². The minimum absolute atomic E-state index is 0.139. The molecule has 0 aliphatic rings. The molecule has 0 heterocycles. The molecule has 0 saturated heterocycles. The molecule has 0 spiro atoms. The number of hydrogen-bond donors (Lipinski definition) is 1. The minimum Gasteiger partial charge on any atom is -0.411 e. The second-order valence-corrected chi connectivity index (χ2v) is 2.83. The van der Waals surface area contributed by atoms with Crippen molar-refractivity contribution in [3.63, 3.8) is 0 Å². The third-order valence-corrected chi connectivity index (χ3v) is 1.71. The molecule has 0 aliphatic heterocycles. The molecule has 0 aliphatic carbocycles. The van der Waals surface area contributed by atoms with Crippen molar-refractivity contribution in [2.45, 2.75) is 13.1 Å². The van der Waals surface area contributed by atoms with Crippen molar-refractivity contribution in [1.82, 2.24) is 0 Å². The van der Waals surface area contributed by atoms with Gasteiger partial charge in [-0.25, -0.2) is 0 Å². The van der Waals surface area contributed by atoms with Crippen molar-refractivity contribution >= 4 is 6.21 Å². The fourth-order valence-electron chi connectivity index (χ4n) is 1.11. The first-order valence-electron chi connectivity index (χ1n) is 3.80. The van der Waals surface area contributed by atoms with Crippen LogP contribution in [0.5, 0.6) is 0 Å². The topological polar surface area (TPSA) is 32.6 Å². The van der Waals surface area contributed by atoms with Gasteiger partial charge in [0, 0.05) is 5.56 Å². The Morgan fingerprint density at radius 1 is 1.36 bits per heavy atom. The number of hydrogen-bond acceptors (Lipinski definition) is 2. The molecule has 0 bridgehead atoms. The van der Waals surface area contributed by atoms with Crippen LogP contribution < -0.4 is 0 Å². The molecule has 1 rings (SSSR count). The monoisotopic (exact) mass is 203 g/mol. The SMILES string of the molecule is Cc1ccc(C(F)(F)F)c(/C=N/O)c1. The molecule has 1 aromatic rings. The summed E-state index contributed by atoms with van der Waals surface area (Å²) in [4.78, 5) is 0. The van der Waals surface area contributed by atoms with E-state index in [9.17, 15) is 13.2 Å². The normalized spacial score (nSPS) is 12.3. The van der Waals surface area contributed by atoms with Gasteiger partial charge in [-0.2, -0.15) is 13.2 Å². The van der Waals surface area contributed by atoms with E-state index in [2.05, 4.69) is 5.16 Å². The lowest BCUT2D eigenvalue weighted by Gasteiger charge is -2.09. The predicted octanol–water partition coefficient (Wildman–Crippen LogP) is 2.82. The molecule has 0 aromatic heterocycles. The lowest BCUT2D eigenvalue weighted by molar-refractivity contribution is -0.137. The highest BCUT2D eigenvalue weighted by Gasteiger charge is 2.32. The summed E-state index contributed by atoms with van der Waals surface area (Å²) in [5, 5.41) is 10.8. The number of nitrogens with zero attached hydrogens (tertiary/aromatic N) is 1. The van der Waals surface area contributed by atoms with Crippen LogP contribution in [0.1, 0.15) is 16.7 Å². The van der Waals surface area contributed by atoms with E-state index >= 15 is 0 Å². The van der Waals surface area contributed by atoms with Crippen LogP contribution in [0, 0.1) is 6.92 Å². The predicted molar refractivity (Wildman–Crippen MR) is 45.6 cm³/mol. The average Bonchev–Trinajstić information content (AvgIpc) is 2.02. The molecular weight excluding hydrogens is 195 g/mol. The standard InChI is InChI=1S/C9H8F3NO/c1-6-2-3-8(9(10,11)12)7(4-6)5-13-14/h2-5,14H,1H3/b13-5+. The zero-order chi connectivity index (χ0) is 10.8. The lowest BCUT2D eigenvalue weighted by atomic mass is 10.1. The third-order valence-electron chi connectivity index (χ3n) is 1.71. The Hall–Kier alpha value is -1.52. The van der Waals surface area contributed by atoms with Crippen LogP contribution in [0.25, 0.3) is 0 Å². The molecule has 2 nitrogen and oxygen atoms in total. The van der Waals surface area contributed by atoms with Crippen LogP contribution in [0.2, 0.25) is 0 Å². The van der Waals surface area contributed by atoms with Gasteiger partial charge in [0.15, 0.2) is 0 Å². The van der Waals surface area contributed by atoms with E-state index in [1.165, 1.54) is 12.1 Å². The van der Waals surface area contributed by atoms with Crippen molar-refractivity contribution < 1.29 is 18.4 Å². The zero-order valence-electron chi connectivity index (χ0n) is 7.34. The maximum absolute atomic E-state index is 12.4.